The van der Waals surface area contributed by atoms with Gasteiger partial charge in [-0.3, -0.25) is 0 Å². The van der Waals surface area contributed by atoms with Crippen molar-refractivity contribution in [2.45, 2.75) is 18.4 Å². The molecule has 0 amide bonds. The zero-order valence-corrected chi connectivity index (χ0v) is 14.0. The van der Waals surface area contributed by atoms with E-state index in [-0.39, 0.29) is 6.04 Å². The van der Waals surface area contributed by atoms with Gasteiger partial charge in [0.1, 0.15) is 5.75 Å². The third-order valence-corrected chi connectivity index (χ3v) is 5.29. The zero-order chi connectivity index (χ0) is 15.1. The molecule has 1 heterocycles. The number of fused-ring (bicyclic) bond motifs is 3. The van der Waals surface area contributed by atoms with Gasteiger partial charge in [-0.15, -0.1) is 0 Å². The molecule has 0 fully saturated rings. The summed E-state index contributed by atoms with van der Waals surface area (Å²) >= 11 is 3.60. The first-order valence-corrected chi connectivity index (χ1v) is 8.43. The molecule has 2 aliphatic rings. The molecule has 2 aromatic rings. The minimum atomic E-state index is 0.266. The van der Waals surface area contributed by atoms with Gasteiger partial charge in [0.15, 0.2) is 0 Å². The lowest BCUT2D eigenvalue weighted by atomic mass is 9.77. The van der Waals surface area contributed by atoms with E-state index in [4.69, 9.17) is 4.74 Å². The van der Waals surface area contributed by atoms with Gasteiger partial charge in [-0.2, -0.15) is 0 Å². The highest BCUT2D eigenvalue weighted by atomic mass is 79.9. The summed E-state index contributed by atoms with van der Waals surface area (Å²) in [7, 11) is 1.74. The average molecular weight is 356 g/mol. The van der Waals surface area contributed by atoms with E-state index in [2.05, 4.69) is 63.7 Å². The van der Waals surface area contributed by atoms with E-state index < -0.39 is 0 Å². The number of hydrogen-bond acceptors (Lipinski definition) is 2. The third-order valence-electron chi connectivity index (χ3n) is 4.80. The number of benzene rings is 2. The fraction of sp³-hybridized carbons (Fsp3) is 0.263. The lowest BCUT2D eigenvalue weighted by molar-refractivity contribution is 0.381. The van der Waals surface area contributed by atoms with Gasteiger partial charge in [-0.1, -0.05) is 46.3 Å². The summed E-state index contributed by atoms with van der Waals surface area (Å²) in [6.45, 7) is 0. The van der Waals surface area contributed by atoms with Crippen LogP contribution in [0.4, 0.5) is 5.69 Å². The largest absolute Gasteiger partial charge is 0.496 e. The monoisotopic (exact) mass is 355 g/mol. The second-order valence-corrected chi connectivity index (χ2v) is 6.86. The number of rotatable bonds is 2. The van der Waals surface area contributed by atoms with Crippen LogP contribution in [0.15, 0.2) is 59.1 Å². The van der Waals surface area contributed by atoms with E-state index in [1.807, 2.05) is 12.1 Å². The molecule has 0 saturated carbocycles. The van der Waals surface area contributed by atoms with Gasteiger partial charge in [0.05, 0.1) is 13.2 Å². The standard InChI is InChI=1S/C19H18BrNO/c1-22-18-10-9-12(20)11-16(18)19-15-7-4-6-13(15)14-5-2-3-8-17(14)21-19/h2-6,8-11,13,15,19,21H,7H2,1H3/t13-,15+,19-/m0/s1. The molecule has 22 heavy (non-hydrogen) atoms. The van der Waals surface area contributed by atoms with Crippen molar-refractivity contribution in [2.24, 2.45) is 5.92 Å². The van der Waals surface area contributed by atoms with Crippen LogP contribution < -0.4 is 10.1 Å². The summed E-state index contributed by atoms with van der Waals surface area (Å²) in [5.41, 5.74) is 3.87. The molecule has 0 bridgehead atoms. The summed E-state index contributed by atoms with van der Waals surface area (Å²) < 4.78 is 6.70. The minimum Gasteiger partial charge on any atom is -0.496 e. The fourth-order valence-corrected chi connectivity index (χ4v) is 4.18. The van der Waals surface area contributed by atoms with E-state index in [9.17, 15) is 0 Å². The Morgan fingerprint density at radius 1 is 1.14 bits per heavy atom. The molecule has 4 rings (SSSR count). The summed E-state index contributed by atoms with van der Waals surface area (Å²) in [4.78, 5) is 0. The molecule has 2 aromatic carbocycles. The van der Waals surface area contributed by atoms with Crippen LogP contribution in [0.3, 0.4) is 0 Å². The highest BCUT2D eigenvalue weighted by Crippen LogP contribution is 2.51. The predicted octanol–water partition coefficient (Wildman–Crippen LogP) is 5.28. The number of para-hydroxylation sites is 1. The van der Waals surface area contributed by atoms with Crippen molar-refractivity contribution < 1.29 is 4.74 Å². The number of allylic oxidation sites excluding steroid dienone is 2. The normalized spacial score (nSPS) is 25.3. The topological polar surface area (TPSA) is 21.3 Å². The summed E-state index contributed by atoms with van der Waals surface area (Å²) in [6, 6.07) is 15.2. The molecule has 2 nitrogen and oxygen atoms in total. The lowest BCUT2D eigenvalue weighted by Crippen LogP contribution is -2.29. The van der Waals surface area contributed by atoms with Crippen LogP contribution in [-0.2, 0) is 0 Å². The first-order valence-electron chi connectivity index (χ1n) is 7.63. The Balaban J connectivity index is 1.82. The van der Waals surface area contributed by atoms with Gasteiger partial charge in [0.25, 0.3) is 0 Å². The van der Waals surface area contributed by atoms with E-state index in [1.165, 1.54) is 16.8 Å². The maximum Gasteiger partial charge on any atom is 0.124 e. The van der Waals surface area contributed by atoms with Crippen molar-refractivity contribution in [3.63, 3.8) is 0 Å². The van der Waals surface area contributed by atoms with Gasteiger partial charge < -0.3 is 10.1 Å². The molecule has 0 aromatic heterocycles. The second kappa shape index (κ2) is 5.47. The van der Waals surface area contributed by atoms with E-state index in [1.54, 1.807) is 7.11 Å². The molecule has 0 unspecified atom stereocenters. The van der Waals surface area contributed by atoms with Crippen LogP contribution in [0.1, 0.15) is 29.5 Å². The smallest absolute Gasteiger partial charge is 0.124 e. The molecule has 0 radical (unpaired) electrons. The SMILES string of the molecule is COc1ccc(Br)cc1[C@H]1Nc2ccccc2[C@@H]2C=CC[C@@H]12. The number of anilines is 1. The second-order valence-electron chi connectivity index (χ2n) is 5.95. The average Bonchev–Trinajstić information content (AvgIpc) is 3.04. The summed E-state index contributed by atoms with van der Waals surface area (Å²) in [5.74, 6) is 1.98. The maximum absolute atomic E-state index is 5.61. The van der Waals surface area contributed by atoms with Crippen LogP contribution in [0.25, 0.3) is 0 Å². The highest BCUT2D eigenvalue weighted by molar-refractivity contribution is 9.10. The molecule has 112 valence electrons. The van der Waals surface area contributed by atoms with Crippen LogP contribution in [-0.4, -0.2) is 7.11 Å². The van der Waals surface area contributed by atoms with E-state index in [0.29, 0.717) is 11.8 Å². The number of ether oxygens (including phenoxy) is 1. The quantitative estimate of drug-likeness (QED) is 0.739. The summed E-state index contributed by atoms with van der Waals surface area (Å²) in [6.07, 6.45) is 5.78. The van der Waals surface area contributed by atoms with Crippen LogP contribution in [0.5, 0.6) is 5.75 Å². The van der Waals surface area contributed by atoms with Gasteiger partial charge in [0.2, 0.25) is 0 Å². The maximum atomic E-state index is 5.61. The van der Waals surface area contributed by atoms with E-state index in [0.717, 1.165) is 16.6 Å². The number of halogens is 1. The Hall–Kier alpha value is -1.74. The Morgan fingerprint density at radius 2 is 2.00 bits per heavy atom. The van der Waals surface area contributed by atoms with Crippen molar-refractivity contribution in [1.82, 2.24) is 0 Å². The Kier molecular flexibility index (Phi) is 3.45. The lowest BCUT2D eigenvalue weighted by Gasteiger charge is -2.38. The third kappa shape index (κ3) is 2.15. The minimum absolute atomic E-state index is 0.266. The predicted molar refractivity (Wildman–Crippen MR) is 93.5 cm³/mol. The number of methoxy groups -OCH3 is 1. The molecular formula is C19H18BrNO. The van der Waals surface area contributed by atoms with Crippen molar-refractivity contribution in [1.29, 1.82) is 0 Å². The van der Waals surface area contributed by atoms with Crippen molar-refractivity contribution in [2.75, 3.05) is 12.4 Å². The number of nitrogens with one attached hydrogen (secondary N) is 1. The zero-order valence-electron chi connectivity index (χ0n) is 12.4. The molecule has 1 aliphatic heterocycles. The first-order chi connectivity index (χ1) is 10.8. The van der Waals surface area contributed by atoms with Crippen LogP contribution >= 0.6 is 15.9 Å². The Morgan fingerprint density at radius 3 is 2.86 bits per heavy atom. The van der Waals surface area contributed by atoms with Gasteiger partial charge in [-0.05, 0) is 42.2 Å². The van der Waals surface area contributed by atoms with Crippen molar-refractivity contribution in [3.8, 4) is 5.75 Å². The molecule has 1 N–H and O–H groups in total. The Labute approximate surface area is 139 Å². The van der Waals surface area contributed by atoms with Gasteiger partial charge in [0, 0.05) is 21.6 Å². The number of hydrogen-bond donors (Lipinski definition) is 1. The molecule has 3 atom stereocenters. The van der Waals surface area contributed by atoms with Gasteiger partial charge in [-0.25, -0.2) is 0 Å². The molecule has 1 aliphatic carbocycles. The van der Waals surface area contributed by atoms with Crippen molar-refractivity contribution >= 4 is 21.6 Å². The van der Waals surface area contributed by atoms with E-state index >= 15 is 0 Å². The van der Waals surface area contributed by atoms with Crippen molar-refractivity contribution in [3.05, 3.63) is 70.2 Å². The highest BCUT2D eigenvalue weighted by Gasteiger charge is 2.38. The summed E-state index contributed by atoms with van der Waals surface area (Å²) in [5, 5.41) is 3.75. The van der Waals surface area contributed by atoms with Gasteiger partial charge >= 0.3 is 0 Å². The Bertz CT molecular complexity index is 740. The molecule has 3 heteroatoms. The van der Waals surface area contributed by atoms with Crippen LogP contribution in [0, 0.1) is 5.92 Å². The molecule has 0 saturated heterocycles. The fourth-order valence-electron chi connectivity index (χ4n) is 3.80. The molecule has 0 spiro atoms. The molecular weight excluding hydrogens is 338 g/mol. The first kappa shape index (κ1) is 13.9. The van der Waals surface area contributed by atoms with Crippen LogP contribution in [0.2, 0.25) is 0 Å².